The Balaban J connectivity index is 1.34. The van der Waals surface area contributed by atoms with Gasteiger partial charge in [-0.3, -0.25) is 9.59 Å². The van der Waals surface area contributed by atoms with Gasteiger partial charge in [0.05, 0.1) is 32.3 Å². The number of methoxy groups -OCH3 is 1. The number of alkyl halides is 2. The zero-order chi connectivity index (χ0) is 34.3. The third-order valence-corrected chi connectivity index (χ3v) is 11.4. The highest BCUT2D eigenvalue weighted by molar-refractivity contribution is 5.98. The molecule has 47 heavy (non-hydrogen) atoms. The lowest BCUT2D eigenvalue weighted by Gasteiger charge is -2.66. The van der Waals surface area contributed by atoms with Crippen molar-refractivity contribution in [1.82, 2.24) is 5.32 Å². The molecule has 6 rings (SSSR count). The summed E-state index contributed by atoms with van der Waals surface area (Å²) in [4.78, 5) is 66.5. The minimum atomic E-state index is -2.84. The quantitative estimate of drug-likeness (QED) is 0.232. The Labute approximate surface area is 270 Å². The lowest BCUT2D eigenvalue weighted by Crippen LogP contribution is -2.75. The highest BCUT2D eigenvalue weighted by Gasteiger charge is 2.82. The molecule has 10 unspecified atom stereocenters. The molecule has 3 aliphatic heterocycles. The van der Waals surface area contributed by atoms with E-state index in [1.165, 1.54) is 13.2 Å². The van der Waals surface area contributed by atoms with Gasteiger partial charge >= 0.3 is 23.9 Å². The fourth-order valence-corrected chi connectivity index (χ4v) is 9.88. The highest BCUT2D eigenvalue weighted by atomic mass is 19.3. The number of aliphatic hydroxyl groups is 1. The molecule has 0 aromatic heterocycles. The zero-order valence-electron chi connectivity index (χ0n) is 27.1. The van der Waals surface area contributed by atoms with E-state index in [0.717, 1.165) is 0 Å². The van der Waals surface area contributed by atoms with E-state index >= 15 is 0 Å². The van der Waals surface area contributed by atoms with Crippen molar-refractivity contribution in [3.63, 3.8) is 0 Å². The lowest BCUT2D eigenvalue weighted by molar-refractivity contribution is -0.269. The number of fused-ring (bicyclic) bond motifs is 2. The fraction of sp³-hybridized carbons (Fsp3) is 0.727. The van der Waals surface area contributed by atoms with Crippen molar-refractivity contribution in [3.05, 3.63) is 23.0 Å². The van der Waals surface area contributed by atoms with Crippen LogP contribution < -0.4 is 5.32 Å². The van der Waals surface area contributed by atoms with Gasteiger partial charge in [0.1, 0.15) is 6.10 Å². The van der Waals surface area contributed by atoms with E-state index in [0.29, 0.717) is 11.1 Å². The molecule has 3 aliphatic carbocycles. The molecule has 2 N–H and O–H groups in total. The summed E-state index contributed by atoms with van der Waals surface area (Å²) in [6, 6.07) is -0.551. The summed E-state index contributed by atoms with van der Waals surface area (Å²) in [6.07, 6.45) is -3.17. The van der Waals surface area contributed by atoms with Crippen LogP contribution in [0.5, 0.6) is 0 Å². The molecule has 2 bridgehead atoms. The summed E-state index contributed by atoms with van der Waals surface area (Å²) >= 11 is 0. The van der Waals surface area contributed by atoms with E-state index in [4.69, 9.17) is 23.7 Å². The number of ether oxygens (including phenoxy) is 5. The molecule has 2 saturated carbocycles. The van der Waals surface area contributed by atoms with Crippen molar-refractivity contribution in [2.45, 2.75) is 102 Å². The van der Waals surface area contributed by atoms with Gasteiger partial charge in [0.25, 0.3) is 5.92 Å². The fourth-order valence-electron chi connectivity index (χ4n) is 9.88. The number of rotatable bonds is 7. The van der Waals surface area contributed by atoms with Crippen LogP contribution in [0.15, 0.2) is 23.0 Å². The zero-order valence-corrected chi connectivity index (χ0v) is 27.1. The molecule has 14 heteroatoms. The average Bonchev–Trinajstić information content (AvgIpc) is 3.45. The van der Waals surface area contributed by atoms with Crippen molar-refractivity contribution >= 4 is 29.7 Å². The molecule has 12 nitrogen and oxygen atoms in total. The Morgan fingerprint density at radius 3 is 2.51 bits per heavy atom. The highest BCUT2D eigenvalue weighted by Crippen LogP contribution is 2.72. The number of Topliss-reactive ketones (excluding diaryl/α,β-unsaturated/α-hetero) is 1. The number of allylic oxidation sites excluding steroid dienone is 3. The summed E-state index contributed by atoms with van der Waals surface area (Å²) in [5, 5.41) is 14.6. The first kappa shape index (κ1) is 33.7. The van der Waals surface area contributed by atoms with Crippen LogP contribution in [-0.2, 0) is 47.7 Å². The molecule has 0 aromatic rings. The summed E-state index contributed by atoms with van der Waals surface area (Å²) in [5.41, 5.74) is -2.95. The van der Waals surface area contributed by atoms with Crippen LogP contribution in [0.2, 0.25) is 0 Å². The van der Waals surface area contributed by atoms with Gasteiger partial charge in [0.15, 0.2) is 17.1 Å². The molecular formula is C33H41F2NO11. The number of aliphatic hydroxyl groups excluding tert-OH is 1. The van der Waals surface area contributed by atoms with Gasteiger partial charge < -0.3 is 34.1 Å². The molecule has 3 heterocycles. The maximum absolute atomic E-state index is 13.8. The molecule has 1 spiro atoms. The second-order valence-electron chi connectivity index (χ2n) is 14.6. The predicted octanol–water partition coefficient (Wildman–Crippen LogP) is 2.31. The van der Waals surface area contributed by atoms with Gasteiger partial charge in [-0.25, -0.2) is 23.2 Å². The Morgan fingerprint density at radius 2 is 1.87 bits per heavy atom. The number of halogens is 2. The number of hydrogen-bond donors (Lipinski definition) is 2. The van der Waals surface area contributed by atoms with Gasteiger partial charge in [0.2, 0.25) is 6.10 Å². The first-order valence-corrected chi connectivity index (χ1v) is 16.0. The number of carbonyl (C=O) groups is 5. The number of ketones is 1. The summed E-state index contributed by atoms with van der Waals surface area (Å²) in [6.45, 7) is 6.29. The van der Waals surface area contributed by atoms with Crippen LogP contribution >= 0.6 is 0 Å². The van der Waals surface area contributed by atoms with E-state index in [-0.39, 0.29) is 50.9 Å². The first-order valence-electron chi connectivity index (χ1n) is 16.0. The van der Waals surface area contributed by atoms with Crippen molar-refractivity contribution in [3.8, 4) is 0 Å². The van der Waals surface area contributed by atoms with Crippen LogP contribution in [0.1, 0.15) is 66.2 Å². The molecule has 0 radical (unpaired) electrons. The Kier molecular flexibility index (Phi) is 8.19. The third-order valence-electron chi connectivity index (χ3n) is 11.4. The SMILES string of the molecule is COC(=O)C12CC(O)C3C4(C)CC(=O)C(OC(=O)CCC5CC(F)(F)CN5)=C(C)C4CC4OC(=O)C(OC(=O)C=C(C)C)C1C43CO2. The monoisotopic (exact) mass is 665 g/mol. The van der Waals surface area contributed by atoms with Gasteiger partial charge in [-0.05, 0) is 50.5 Å². The lowest BCUT2D eigenvalue weighted by atomic mass is 9.38. The predicted molar refractivity (Wildman–Crippen MR) is 155 cm³/mol. The summed E-state index contributed by atoms with van der Waals surface area (Å²) in [5.74, 6) is -9.01. The van der Waals surface area contributed by atoms with Crippen LogP contribution in [0.4, 0.5) is 8.78 Å². The van der Waals surface area contributed by atoms with Gasteiger partial charge in [0, 0.05) is 49.1 Å². The molecule has 6 aliphatic rings. The van der Waals surface area contributed by atoms with Gasteiger partial charge in [-0.15, -0.1) is 0 Å². The van der Waals surface area contributed by atoms with Crippen LogP contribution in [0, 0.1) is 28.6 Å². The third kappa shape index (κ3) is 5.13. The first-order chi connectivity index (χ1) is 22.0. The second-order valence-corrected chi connectivity index (χ2v) is 14.6. The number of nitrogens with one attached hydrogen (secondary N) is 1. The Hall–Kier alpha value is -3.23. The number of esters is 4. The average molecular weight is 666 g/mol. The molecule has 10 atom stereocenters. The summed E-state index contributed by atoms with van der Waals surface area (Å²) in [7, 11) is 1.17. The normalized spacial score (nSPS) is 41.3. The van der Waals surface area contributed by atoms with Gasteiger partial charge in [-0.1, -0.05) is 12.5 Å². The largest absolute Gasteiger partial charge is 0.467 e. The minimum Gasteiger partial charge on any atom is -0.467 e. The number of hydrogen-bond acceptors (Lipinski definition) is 12. The molecule has 0 aromatic carbocycles. The second kappa shape index (κ2) is 11.4. The number of carbonyl (C=O) groups excluding carboxylic acids is 5. The standard InChI is InChI=1S/C33H41F2NO11/c1-15(2)8-23(40)47-25-27-32-14-44-33(27,29(42)43-5)12-20(38)26(32)30(4)11-19(37)24(16(3)18(30)9-21(32)45-28(25)41)46-22(39)7-6-17-10-31(34,35)13-36-17/h8,17-18,20-21,25-27,36,38H,6-7,9-14H2,1-5H3. The smallest absolute Gasteiger partial charge is 0.348 e. The maximum atomic E-state index is 13.8. The molecular weight excluding hydrogens is 624 g/mol. The van der Waals surface area contributed by atoms with E-state index in [9.17, 15) is 37.9 Å². The van der Waals surface area contributed by atoms with Gasteiger partial charge in [-0.2, -0.15) is 0 Å². The van der Waals surface area contributed by atoms with Crippen molar-refractivity contribution in [2.24, 2.45) is 28.6 Å². The molecule has 3 saturated heterocycles. The van der Waals surface area contributed by atoms with Crippen molar-refractivity contribution in [2.75, 3.05) is 20.3 Å². The molecule has 0 amide bonds. The van der Waals surface area contributed by atoms with E-state index in [1.54, 1.807) is 20.8 Å². The topological polar surface area (TPSA) is 164 Å². The summed E-state index contributed by atoms with van der Waals surface area (Å²) < 4.78 is 55.8. The Morgan fingerprint density at radius 1 is 1.15 bits per heavy atom. The van der Waals surface area contributed by atoms with E-state index in [1.807, 2.05) is 6.92 Å². The van der Waals surface area contributed by atoms with Crippen molar-refractivity contribution in [1.29, 1.82) is 0 Å². The maximum Gasteiger partial charge on any atom is 0.348 e. The van der Waals surface area contributed by atoms with Crippen LogP contribution in [-0.4, -0.2) is 90.9 Å². The van der Waals surface area contributed by atoms with E-state index < -0.39 is 101 Å². The molecule has 258 valence electrons. The Bertz CT molecular complexity index is 1470. The van der Waals surface area contributed by atoms with E-state index in [2.05, 4.69) is 5.32 Å². The van der Waals surface area contributed by atoms with Crippen LogP contribution in [0.3, 0.4) is 0 Å². The van der Waals surface area contributed by atoms with Crippen molar-refractivity contribution < 1.29 is 61.5 Å². The molecule has 5 fully saturated rings. The minimum absolute atomic E-state index is 0.119. The van der Waals surface area contributed by atoms with Crippen LogP contribution in [0.25, 0.3) is 0 Å².